The van der Waals surface area contributed by atoms with Crippen molar-refractivity contribution in [2.75, 3.05) is 7.11 Å². The van der Waals surface area contributed by atoms with Crippen LogP contribution in [0.25, 0.3) is 11.1 Å². The van der Waals surface area contributed by atoms with Gasteiger partial charge in [0.1, 0.15) is 11.6 Å². The topological polar surface area (TPSA) is 9.23 Å². The van der Waals surface area contributed by atoms with Crippen LogP contribution in [0.2, 0.25) is 0 Å². The molecular formula is C27H38F2O. The SMILES string of the molecule is CCCCCCCCC(c1ccc(-c2cc(F)cc(F)c2)cc1)C(CC)(CC)OC. The lowest BCUT2D eigenvalue weighted by molar-refractivity contribution is -0.0425. The third kappa shape index (κ3) is 6.38. The number of benzene rings is 2. The van der Waals surface area contributed by atoms with Gasteiger partial charge in [0.15, 0.2) is 0 Å². The van der Waals surface area contributed by atoms with Crippen LogP contribution in [0.3, 0.4) is 0 Å². The van der Waals surface area contributed by atoms with Gasteiger partial charge in [-0.15, -0.1) is 0 Å². The Morgan fingerprint density at radius 3 is 1.87 bits per heavy atom. The number of halogens is 2. The minimum absolute atomic E-state index is 0.185. The van der Waals surface area contributed by atoms with E-state index in [9.17, 15) is 8.78 Å². The molecular weight excluding hydrogens is 378 g/mol. The van der Waals surface area contributed by atoms with Gasteiger partial charge in [-0.25, -0.2) is 8.78 Å². The Labute approximate surface area is 181 Å². The molecule has 0 aliphatic rings. The molecule has 0 amide bonds. The molecule has 3 heteroatoms. The number of methoxy groups -OCH3 is 1. The van der Waals surface area contributed by atoms with Crippen molar-refractivity contribution >= 4 is 0 Å². The van der Waals surface area contributed by atoms with Gasteiger partial charge in [0.2, 0.25) is 0 Å². The van der Waals surface area contributed by atoms with Crippen molar-refractivity contribution in [2.24, 2.45) is 0 Å². The molecule has 1 nitrogen and oxygen atoms in total. The van der Waals surface area contributed by atoms with Gasteiger partial charge in [-0.3, -0.25) is 0 Å². The lowest BCUT2D eigenvalue weighted by Crippen LogP contribution is -2.37. The van der Waals surface area contributed by atoms with Crippen LogP contribution < -0.4 is 0 Å². The molecule has 0 saturated carbocycles. The van der Waals surface area contributed by atoms with Gasteiger partial charge in [-0.2, -0.15) is 0 Å². The van der Waals surface area contributed by atoms with Crippen LogP contribution >= 0.6 is 0 Å². The van der Waals surface area contributed by atoms with Crippen LogP contribution in [0.15, 0.2) is 42.5 Å². The van der Waals surface area contributed by atoms with Crippen molar-refractivity contribution in [3.8, 4) is 11.1 Å². The van der Waals surface area contributed by atoms with E-state index in [1.165, 1.54) is 56.2 Å². The lowest BCUT2D eigenvalue weighted by atomic mass is 9.75. The number of ether oxygens (including phenoxy) is 1. The van der Waals surface area contributed by atoms with E-state index in [4.69, 9.17) is 4.74 Å². The molecule has 0 aromatic heterocycles. The smallest absolute Gasteiger partial charge is 0.126 e. The second-order valence-electron chi connectivity index (χ2n) is 8.37. The fourth-order valence-electron chi connectivity index (χ4n) is 4.66. The van der Waals surface area contributed by atoms with Gasteiger partial charge in [-0.1, -0.05) is 83.6 Å². The Morgan fingerprint density at radius 1 is 0.767 bits per heavy atom. The summed E-state index contributed by atoms with van der Waals surface area (Å²) in [6.45, 7) is 6.64. The van der Waals surface area contributed by atoms with Crippen molar-refractivity contribution in [3.63, 3.8) is 0 Å². The highest BCUT2D eigenvalue weighted by molar-refractivity contribution is 5.64. The molecule has 30 heavy (non-hydrogen) atoms. The Kier molecular flexibility index (Phi) is 9.97. The Morgan fingerprint density at radius 2 is 1.33 bits per heavy atom. The third-order valence-electron chi connectivity index (χ3n) is 6.59. The quantitative estimate of drug-likeness (QED) is 0.297. The first-order valence-corrected chi connectivity index (χ1v) is 11.6. The molecule has 0 bridgehead atoms. The summed E-state index contributed by atoms with van der Waals surface area (Å²) in [5, 5.41) is 0. The van der Waals surface area contributed by atoms with Crippen LogP contribution in [0.1, 0.15) is 90.0 Å². The van der Waals surface area contributed by atoms with Crippen LogP contribution in [-0.2, 0) is 4.74 Å². The molecule has 0 saturated heterocycles. The van der Waals surface area contributed by atoms with Crippen LogP contribution in [0.5, 0.6) is 0 Å². The van der Waals surface area contributed by atoms with E-state index < -0.39 is 11.6 Å². The number of rotatable bonds is 13. The average Bonchev–Trinajstić information content (AvgIpc) is 2.75. The standard InChI is InChI=1S/C27H38F2O/c1-5-8-9-10-11-12-13-26(27(6-2,7-3)30-4)22-16-14-21(15-17-22)23-18-24(28)20-25(29)19-23/h14-20,26H,5-13H2,1-4H3. The highest BCUT2D eigenvalue weighted by atomic mass is 19.1. The number of hydrogen-bond acceptors (Lipinski definition) is 1. The van der Waals surface area contributed by atoms with Gasteiger partial charge in [0.25, 0.3) is 0 Å². The van der Waals surface area contributed by atoms with E-state index in [0.717, 1.165) is 30.9 Å². The van der Waals surface area contributed by atoms with E-state index in [1.54, 1.807) is 0 Å². The van der Waals surface area contributed by atoms with Crippen molar-refractivity contribution in [2.45, 2.75) is 90.1 Å². The van der Waals surface area contributed by atoms with E-state index in [-0.39, 0.29) is 5.60 Å². The first kappa shape index (κ1) is 24.5. The van der Waals surface area contributed by atoms with Gasteiger partial charge < -0.3 is 4.74 Å². The number of unbranched alkanes of at least 4 members (excludes halogenated alkanes) is 5. The predicted molar refractivity (Wildman–Crippen MR) is 123 cm³/mol. The Hall–Kier alpha value is -1.74. The zero-order valence-electron chi connectivity index (χ0n) is 19.1. The Balaban J connectivity index is 2.22. The summed E-state index contributed by atoms with van der Waals surface area (Å²) in [6, 6.07) is 11.8. The maximum Gasteiger partial charge on any atom is 0.126 e. The van der Waals surface area contributed by atoms with Crippen LogP contribution in [0, 0.1) is 11.6 Å². The lowest BCUT2D eigenvalue weighted by Gasteiger charge is -2.39. The predicted octanol–water partition coefficient (Wildman–Crippen LogP) is 8.67. The molecule has 166 valence electrons. The van der Waals surface area contributed by atoms with Crippen molar-refractivity contribution in [3.05, 3.63) is 59.7 Å². The number of hydrogen-bond donors (Lipinski definition) is 0. The molecule has 0 heterocycles. The zero-order valence-corrected chi connectivity index (χ0v) is 19.1. The maximum absolute atomic E-state index is 13.6. The second kappa shape index (κ2) is 12.2. The summed E-state index contributed by atoms with van der Waals surface area (Å²) in [7, 11) is 1.82. The molecule has 2 rings (SSSR count). The summed E-state index contributed by atoms with van der Waals surface area (Å²) in [6.07, 6.45) is 10.6. The fraction of sp³-hybridized carbons (Fsp3) is 0.556. The van der Waals surface area contributed by atoms with E-state index in [0.29, 0.717) is 11.5 Å². The highest BCUT2D eigenvalue weighted by Gasteiger charge is 2.36. The molecule has 0 N–H and O–H groups in total. The summed E-state index contributed by atoms with van der Waals surface area (Å²) in [4.78, 5) is 0. The average molecular weight is 417 g/mol. The van der Waals surface area contributed by atoms with Crippen molar-refractivity contribution < 1.29 is 13.5 Å². The van der Waals surface area contributed by atoms with E-state index >= 15 is 0 Å². The molecule has 1 unspecified atom stereocenters. The van der Waals surface area contributed by atoms with Crippen molar-refractivity contribution in [1.82, 2.24) is 0 Å². The minimum atomic E-state index is -0.551. The maximum atomic E-state index is 13.6. The molecule has 1 atom stereocenters. The first-order chi connectivity index (χ1) is 14.5. The molecule has 2 aromatic rings. The summed E-state index contributed by atoms with van der Waals surface area (Å²) < 4.78 is 33.3. The molecule has 0 radical (unpaired) electrons. The molecule has 0 aliphatic heterocycles. The summed E-state index contributed by atoms with van der Waals surface area (Å²) >= 11 is 0. The van der Waals surface area contributed by atoms with Gasteiger partial charge in [0.05, 0.1) is 5.60 Å². The Bertz CT molecular complexity index is 721. The molecule has 0 fully saturated rings. The van der Waals surface area contributed by atoms with Gasteiger partial charge in [0, 0.05) is 19.1 Å². The zero-order chi connectivity index (χ0) is 22.0. The highest BCUT2D eigenvalue weighted by Crippen LogP contribution is 2.41. The molecule has 0 spiro atoms. The fourth-order valence-corrected chi connectivity index (χ4v) is 4.66. The second-order valence-corrected chi connectivity index (χ2v) is 8.37. The largest absolute Gasteiger partial charge is 0.378 e. The first-order valence-electron chi connectivity index (χ1n) is 11.6. The summed E-state index contributed by atoms with van der Waals surface area (Å²) in [5.41, 5.74) is 2.45. The minimum Gasteiger partial charge on any atom is -0.378 e. The monoisotopic (exact) mass is 416 g/mol. The normalized spacial score (nSPS) is 12.9. The van der Waals surface area contributed by atoms with Crippen LogP contribution in [-0.4, -0.2) is 12.7 Å². The van der Waals surface area contributed by atoms with E-state index in [2.05, 4.69) is 32.9 Å². The summed E-state index contributed by atoms with van der Waals surface area (Å²) in [5.74, 6) is -0.794. The van der Waals surface area contributed by atoms with Gasteiger partial charge >= 0.3 is 0 Å². The van der Waals surface area contributed by atoms with Crippen molar-refractivity contribution in [1.29, 1.82) is 0 Å². The molecule has 0 aliphatic carbocycles. The van der Waals surface area contributed by atoms with Gasteiger partial charge in [-0.05, 0) is 48.1 Å². The third-order valence-corrected chi connectivity index (χ3v) is 6.59. The molecule has 2 aromatic carbocycles. The van der Waals surface area contributed by atoms with E-state index in [1.807, 2.05) is 19.2 Å². The van der Waals surface area contributed by atoms with Crippen LogP contribution in [0.4, 0.5) is 8.78 Å².